The van der Waals surface area contributed by atoms with Crippen molar-refractivity contribution in [2.24, 2.45) is 0 Å². The molecule has 0 aliphatic heterocycles. The molecule has 3 rings (SSSR count). The predicted octanol–water partition coefficient (Wildman–Crippen LogP) is 4.25. The van der Waals surface area contributed by atoms with Crippen LogP contribution in [0.5, 0.6) is 0 Å². The zero-order valence-corrected chi connectivity index (χ0v) is 15.6. The van der Waals surface area contributed by atoms with Crippen LogP contribution in [0.3, 0.4) is 0 Å². The van der Waals surface area contributed by atoms with Gasteiger partial charge < -0.3 is 10.6 Å². The quantitative estimate of drug-likeness (QED) is 0.614. The Labute approximate surface area is 156 Å². The summed E-state index contributed by atoms with van der Waals surface area (Å²) in [6.07, 6.45) is 0. The number of nitriles is 1. The summed E-state index contributed by atoms with van der Waals surface area (Å²) in [6.45, 7) is 2.02. The molecule has 9 heteroatoms. The largest absolute Gasteiger partial charge is 0.330 e. The maximum absolute atomic E-state index is 12.0. The van der Waals surface area contributed by atoms with Crippen molar-refractivity contribution >= 4 is 56.2 Å². The van der Waals surface area contributed by atoms with Crippen LogP contribution in [0.4, 0.5) is 15.8 Å². The first-order chi connectivity index (χ1) is 12.2. The number of amides is 1. The highest BCUT2D eigenvalue weighted by atomic mass is 32.2. The van der Waals surface area contributed by atoms with Crippen molar-refractivity contribution in [1.29, 1.82) is 5.26 Å². The van der Waals surface area contributed by atoms with E-state index in [0.29, 0.717) is 20.0 Å². The molecule has 2 heterocycles. The lowest BCUT2D eigenvalue weighted by atomic mass is 10.2. The molecular formula is C16H13N5OS3. The second-order valence-electron chi connectivity index (χ2n) is 4.93. The van der Waals surface area contributed by atoms with Gasteiger partial charge >= 0.3 is 0 Å². The number of benzene rings is 1. The van der Waals surface area contributed by atoms with Gasteiger partial charge in [0.2, 0.25) is 11.0 Å². The Balaban J connectivity index is 1.54. The van der Waals surface area contributed by atoms with Crippen molar-refractivity contribution in [3.63, 3.8) is 0 Å². The van der Waals surface area contributed by atoms with Crippen LogP contribution >= 0.6 is 34.4 Å². The zero-order chi connectivity index (χ0) is 17.6. The molecule has 0 aliphatic carbocycles. The maximum atomic E-state index is 12.0. The fourth-order valence-electron chi connectivity index (χ4n) is 1.93. The normalized spacial score (nSPS) is 10.2. The number of para-hydroxylation sites is 1. The number of carbonyl (C=O) groups excluding carboxylic acids is 1. The Morgan fingerprint density at radius 2 is 2.16 bits per heavy atom. The van der Waals surface area contributed by atoms with Crippen LogP contribution in [0, 0.1) is 18.3 Å². The summed E-state index contributed by atoms with van der Waals surface area (Å²) in [6, 6.07) is 11.7. The van der Waals surface area contributed by atoms with E-state index in [2.05, 4.69) is 20.8 Å². The summed E-state index contributed by atoms with van der Waals surface area (Å²) in [5, 5.41) is 26.1. The summed E-state index contributed by atoms with van der Waals surface area (Å²) in [5.41, 5.74) is 2.58. The van der Waals surface area contributed by atoms with Gasteiger partial charge in [0, 0.05) is 5.69 Å². The Bertz CT molecular complexity index is 928. The maximum Gasteiger partial charge on any atom is 0.235 e. The molecule has 0 bridgehead atoms. The lowest BCUT2D eigenvalue weighted by molar-refractivity contribution is -0.113. The Morgan fingerprint density at radius 1 is 1.32 bits per heavy atom. The van der Waals surface area contributed by atoms with Gasteiger partial charge in [0.25, 0.3) is 0 Å². The predicted molar refractivity (Wildman–Crippen MR) is 103 cm³/mol. The summed E-state index contributed by atoms with van der Waals surface area (Å²) < 4.78 is 0.706. The summed E-state index contributed by atoms with van der Waals surface area (Å²) in [7, 11) is 0. The Kier molecular flexibility index (Phi) is 5.65. The molecule has 2 aromatic heterocycles. The van der Waals surface area contributed by atoms with E-state index in [-0.39, 0.29) is 11.7 Å². The Hall–Kier alpha value is -2.41. The molecule has 0 fully saturated rings. The summed E-state index contributed by atoms with van der Waals surface area (Å²) >= 11 is 4.04. The monoisotopic (exact) mass is 387 g/mol. The van der Waals surface area contributed by atoms with E-state index >= 15 is 0 Å². The second kappa shape index (κ2) is 8.11. The average Bonchev–Trinajstić information content (AvgIpc) is 3.24. The highest BCUT2D eigenvalue weighted by Gasteiger charge is 2.11. The van der Waals surface area contributed by atoms with Crippen LogP contribution < -0.4 is 10.6 Å². The van der Waals surface area contributed by atoms with E-state index < -0.39 is 0 Å². The molecule has 0 saturated heterocycles. The number of nitrogens with zero attached hydrogens (tertiary/aromatic N) is 3. The highest BCUT2D eigenvalue weighted by molar-refractivity contribution is 8.01. The number of rotatable bonds is 6. The molecule has 0 aliphatic rings. The third-order valence-corrected chi connectivity index (χ3v) is 5.96. The number of carbonyl (C=O) groups is 1. The van der Waals surface area contributed by atoms with Gasteiger partial charge in [-0.3, -0.25) is 4.79 Å². The van der Waals surface area contributed by atoms with Crippen molar-refractivity contribution in [2.75, 3.05) is 16.4 Å². The van der Waals surface area contributed by atoms with Crippen molar-refractivity contribution in [3.05, 3.63) is 46.8 Å². The Morgan fingerprint density at radius 3 is 2.96 bits per heavy atom. The SMILES string of the molecule is Cc1ccccc1Nc1nnc(SCC(=O)Nc2sccc2C#N)s1. The minimum absolute atomic E-state index is 0.174. The van der Waals surface area contributed by atoms with Gasteiger partial charge in [-0.05, 0) is 30.0 Å². The molecule has 2 N–H and O–H groups in total. The molecule has 25 heavy (non-hydrogen) atoms. The number of anilines is 3. The fourth-order valence-corrected chi connectivity index (χ4v) is 4.25. The zero-order valence-electron chi connectivity index (χ0n) is 13.1. The van der Waals surface area contributed by atoms with Crippen molar-refractivity contribution in [1.82, 2.24) is 10.2 Å². The first-order valence-electron chi connectivity index (χ1n) is 7.22. The smallest absolute Gasteiger partial charge is 0.235 e. The summed E-state index contributed by atoms with van der Waals surface area (Å²) in [5.74, 6) is 0.0365. The first-order valence-corrected chi connectivity index (χ1v) is 9.90. The van der Waals surface area contributed by atoms with E-state index in [4.69, 9.17) is 5.26 Å². The van der Waals surface area contributed by atoms with E-state index in [0.717, 1.165) is 11.3 Å². The molecule has 126 valence electrons. The van der Waals surface area contributed by atoms with E-state index in [1.165, 1.54) is 34.4 Å². The molecule has 0 spiro atoms. The van der Waals surface area contributed by atoms with Crippen LogP contribution in [-0.4, -0.2) is 21.9 Å². The molecule has 6 nitrogen and oxygen atoms in total. The van der Waals surface area contributed by atoms with E-state index in [9.17, 15) is 4.79 Å². The van der Waals surface area contributed by atoms with Crippen molar-refractivity contribution in [2.45, 2.75) is 11.3 Å². The van der Waals surface area contributed by atoms with Crippen molar-refractivity contribution < 1.29 is 4.79 Å². The topological polar surface area (TPSA) is 90.7 Å². The van der Waals surface area contributed by atoms with Crippen LogP contribution in [0.2, 0.25) is 0 Å². The molecule has 1 amide bonds. The van der Waals surface area contributed by atoms with Gasteiger partial charge in [-0.2, -0.15) is 5.26 Å². The third-order valence-electron chi connectivity index (χ3n) is 3.16. The third kappa shape index (κ3) is 4.57. The lowest BCUT2D eigenvalue weighted by Crippen LogP contribution is -2.13. The molecule has 0 radical (unpaired) electrons. The number of hydrogen-bond acceptors (Lipinski definition) is 8. The minimum atomic E-state index is -0.174. The molecule has 3 aromatic rings. The van der Waals surface area contributed by atoms with Crippen LogP contribution in [-0.2, 0) is 4.79 Å². The number of thioether (sulfide) groups is 1. The van der Waals surface area contributed by atoms with Crippen molar-refractivity contribution in [3.8, 4) is 6.07 Å². The van der Waals surface area contributed by atoms with Crippen LogP contribution in [0.1, 0.15) is 11.1 Å². The van der Waals surface area contributed by atoms with Gasteiger partial charge in [-0.25, -0.2) is 0 Å². The molecular weight excluding hydrogens is 374 g/mol. The molecule has 0 saturated carbocycles. The average molecular weight is 388 g/mol. The number of aryl methyl sites for hydroxylation is 1. The summed E-state index contributed by atoms with van der Waals surface area (Å²) in [4.78, 5) is 12.0. The van der Waals surface area contributed by atoms with Gasteiger partial charge in [-0.15, -0.1) is 21.5 Å². The van der Waals surface area contributed by atoms with Crippen LogP contribution in [0.25, 0.3) is 0 Å². The molecule has 0 unspecified atom stereocenters. The van der Waals surface area contributed by atoms with E-state index in [1.807, 2.05) is 37.3 Å². The second-order valence-corrected chi connectivity index (χ2v) is 8.04. The first kappa shape index (κ1) is 17.4. The number of thiophene rings is 1. The lowest BCUT2D eigenvalue weighted by Gasteiger charge is -2.04. The number of aromatic nitrogens is 2. The minimum Gasteiger partial charge on any atom is -0.330 e. The number of hydrogen-bond donors (Lipinski definition) is 2. The van der Waals surface area contributed by atoms with Gasteiger partial charge in [0.05, 0.1) is 11.3 Å². The number of nitrogens with one attached hydrogen (secondary N) is 2. The fraction of sp³-hybridized carbons (Fsp3) is 0.125. The van der Waals surface area contributed by atoms with Gasteiger partial charge in [0.15, 0.2) is 4.34 Å². The molecule has 1 aromatic carbocycles. The van der Waals surface area contributed by atoms with E-state index in [1.54, 1.807) is 11.4 Å². The highest BCUT2D eigenvalue weighted by Crippen LogP contribution is 2.29. The van der Waals surface area contributed by atoms with Gasteiger partial charge in [-0.1, -0.05) is 41.3 Å². The standard InChI is InChI=1S/C16H13N5OS3/c1-10-4-2-3-5-12(10)18-15-20-21-16(25-15)24-9-13(22)19-14-11(8-17)6-7-23-14/h2-7H,9H2,1H3,(H,18,20)(H,19,22). The van der Waals surface area contributed by atoms with Crippen LogP contribution in [0.15, 0.2) is 40.1 Å². The molecule has 0 atom stereocenters. The van der Waals surface area contributed by atoms with Gasteiger partial charge in [0.1, 0.15) is 11.1 Å².